The summed E-state index contributed by atoms with van der Waals surface area (Å²) in [7, 11) is 1.61. The van der Waals surface area contributed by atoms with Crippen LogP contribution in [-0.4, -0.2) is 62.8 Å². The third kappa shape index (κ3) is 5.04. The van der Waals surface area contributed by atoms with E-state index in [2.05, 4.69) is 15.6 Å². The number of hydrogen-bond acceptors (Lipinski definition) is 6. The Morgan fingerprint density at radius 2 is 2.32 bits per heavy atom. The molecule has 2 amide bonds. The van der Waals surface area contributed by atoms with Crippen molar-refractivity contribution in [3.63, 3.8) is 0 Å². The largest absolute Gasteiger partial charge is 0.475 e. The molecule has 1 aromatic rings. The summed E-state index contributed by atoms with van der Waals surface area (Å²) in [5, 5.41) is 5.81. The van der Waals surface area contributed by atoms with Gasteiger partial charge < -0.3 is 29.6 Å². The standard InChI is InChI=1S/C17H25N3O5/c1-22-8-9-24-15-3-2-14(11-18-15)20-16(21)19-13-4-6-25-17(10-13)5-7-23-12-17/h2-3,11,13H,4-10,12H2,1H3,(H2,19,20,21)/t13-,17+/m0/s1. The monoisotopic (exact) mass is 351 g/mol. The first kappa shape index (κ1) is 17.9. The van der Waals surface area contributed by atoms with E-state index in [1.165, 1.54) is 0 Å². The van der Waals surface area contributed by atoms with E-state index in [1.807, 2.05) is 0 Å². The quantitative estimate of drug-likeness (QED) is 0.756. The molecule has 3 rings (SSSR count). The van der Waals surface area contributed by atoms with Crippen LogP contribution >= 0.6 is 0 Å². The van der Waals surface area contributed by atoms with E-state index in [0.717, 1.165) is 25.9 Å². The van der Waals surface area contributed by atoms with Crippen LogP contribution in [0.4, 0.5) is 10.5 Å². The average molecular weight is 351 g/mol. The van der Waals surface area contributed by atoms with Crippen molar-refractivity contribution in [1.29, 1.82) is 0 Å². The SMILES string of the molecule is COCCOc1ccc(NC(=O)N[C@H]2CCO[C@]3(CCOC3)C2)cn1. The molecule has 2 N–H and O–H groups in total. The summed E-state index contributed by atoms with van der Waals surface area (Å²) in [5.74, 6) is 0.496. The molecule has 138 valence electrons. The Hall–Kier alpha value is -1.90. The van der Waals surface area contributed by atoms with Crippen LogP contribution in [0.25, 0.3) is 0 Å². The number of rotatable bonds is 6. The molecule has 25 heavy (non-hydrogen) atoms. The number of carbonyl (C=O) groups excluding carboxylic acids is 1. The van der Waals surface area contributed by atoms with Gasteiger partial charge in [0.2, 0.25) is 5.88 Å². The molecule has 1 spiro atoms. The van der Waals surface area contributed by atoms with Gasteiger partial charge in [-0.3, -0.25) is 0 Å². The van der Waals surface area contributed by atoms with E-state index in [0.29, 0.717) is 38.0 Å². The number of carbonyl (C=O) groups is 1. The highest BCUT2D eigenvalue weighted by molar-refractivity contribution is 5.89. The van der Waals surface area contributed by atoms with Gasteiger partial charge in [-0.15, -0.1) is 0 Å². The summed E-state index contributed by atoms with van der Waals surface area (Å²) < 4.78 is 21.6. The third-order valence-electron chi connectivity index (χ3n) is 4.43. The number of anilines is 1. The first-order valence-electron chi connectivity index (χ1n) is 8.56. The molecule has 2 aliphatic rings. The molecule has 8 nitrogen and oxygen atoms in total. The Balaban J connectivity index is 1.45. The van der Waals surface area contributed by atoms with Crippen molar-refractivity contribution in [2.45, 2.75) is 30.9 Å². The maximum absolute atomic E-state index is 12.2. The van der Waals surface area contributed by atoms with Gasteiger partial charge in [0.1, 0.15) is 6.61 Å². The number of nitrogens with zero attached hydrogens (tertiary/aromatic N) is 1. The van der Waals surface area contributed by atoms with E-state index >= 15 is 0 Å². The number of amides is 2. The maximum Gasteiger partial charge on any atom is 0.319 e. The van der Waals surface area contributed by atoms with Crippen LogP contribution in [0.1, 0.15) is 19.3 Å². The first-order chi connectivity index (χ1) is 12.2. The summed E-state index contributed by atoms with van der Waals surface area (Å²) in [6, 6.07) is 3.31. The highest BCUT2D eigenvalue weighted by atomic mass is 16.6. The molecular formula is C17H25N3O5. The van der Waals surface area contributed by atoms with Gasteiger partial charge in [-0.2, -0.15) is 0 Å². The molecule has 0 aliphatic carbocycles. The van der Waals surface area contributed by atoms with E-state index in [4.69, 9.17) is 18.9 Å². The summed E-state index contributed by atoms with van der Waals surface area (Å²) in [6.45, 7) is 2.92. The average Bonchev–Trinajstić information content (AvgIpc) is 3.04. The zero-order chi connectivity index (χ0) is 17.5. The van der Waals surface area contributed by atoms with Crippen molar-refractivity contribution in [1.82, 2.24) is 10.3 Å². The summed E-state index contributed by atoms with van der Waals surface area (Å²) in [4.78, 5) is 16.4. The van der Waals surface area contributed by atoms with Gasteiger partial charge >= 0.3 is 6.03 Å². The molecule has 2 aliphatic heterocycles. The van der Waals surface area contributed by atoms with Gasteiger partial charge in [-0.25, -0.2) is 9.78 Å². The van der Waals surface area contributed by atoms with Crippen molar-refractivity contribution in [2.75, 3.05) is 45.5 Å². The molecule has 0 radical (unpaired) electrons. The Kier molecular flexibility index (Phi) is 6.06. The minimum atomic E-state index is -0.240. The number of nitrogens with one attached hydrogen (secondary N) is 2. The molecule has 2 atom stereocenters. The first-order valence-corrected chi connectivity index (χ1v) is 8.56. The zero-order valence-corrected chi connectivity index (χ0v) is 14.5. The number of hydrogen-bond donors (Lipinski definition) is 2. The lowest BCUT2D eigenvalue weighted by Gasteiger charge is -2.37. The fourth-order valence-corrected chi connectivity index (χ4v) is 3.14. The third-order valence-corrected chi connectivity index (χ3v) is 4.43. The van der Waals surface area contributed by atoms with E-state index < -0.39 is 0 Å². The Morgan fingerprint density at radius 1 is 1.40 bits per heavy atom. The van der Waals surface area contributed by atoms with Crippen LogP contribution in [0.15, 0.2) is 18.3 Å². The highest BCUT2D eigenvalue weighted by Crippen LogP contribution is 2.32. The van der Waals surface area contributed by atoms with Crippen molar-refractivity contribution >= 4 is 11.7 Å². The van der Waals surface area contributed by atoms with E-state index in [-0.39, 0.29) is 17.7 Å². The summed E-state index contributed by atoms with van der Waals surface area (Å²) in [6.07, 6.45) is 4.05. The van der Waals surface area contributed by atoms with Crippen molar-refractivity contribution in [3.8, 4) is 5.88 Å². The van der Waals surface area contributed by atoms with Gasteiger partial charge in [-0.05, 0) is 18.9 Å². The number of methoxy groups -OCH3 is 1. The number of urea groups is 1. The molecule has 2 fully saturated rings. The smallest absolute Gasteiger partial charge is 0.319 e. The lowest BCUT2D eigenvalue weighted by atomic mass is 9.90. The number of aromatic nitrogens is 1. The maximum atomic E-state index is 12.2. The zero-order valence-electron chi connectivity index (χ0n) is 14.5. The van der Waals surface area contributed by atoms with Gasteiger partial charge in [0.15, 0.2) is 0 Å². The Labute approximate surface area is 147 Å². The van der Waals surface area contributed by atoms with Gasteiger partial charge in [0.25, 0.3) is 0 Å². The second-order valence-corrected chi connectivity index (χ2v) is 6.35. The van der Waals surface area contributed by atoms with Crippen molar-refractivity contribution in [2.24, 2.45) is 0 Å². The molecule has 0 saturated carbocycles. The molecule has 1 aromatic heterocycles. The molecule has 2 saturated heterocycles. The molecule has 3 heterocycles. The molecule has 8 heteroatoms. The second kappa shape index (κ2) is 8.46. The topological polar surface area (TPSA) is 90.9 Å². The fourth-order valence-electron chi connectivity index (χ4n) is 3.14. The van der Waals surface area contributed by atoms with Gasteiger partial charge in [0.05, 0.1) is 30.7 Å². The molecular weight excluding hydrogens is 326 g/mol. The molecule has 0 aromatic carbocycles. The van der Waals surface area contributed by atoms with Crippen LogP contribution in [0, 0.1) is 0 Å². The normalized spacial score (nSPS) is 25.7. The number of ether oxygens (including phenoxy) is 4. The minimum absolute atomic E-state index is 0.0834. The Morgan fingerprint density at radius 3 is 3.04 bits per heavy atom. The number of pyridine rings is 1. The lowest BCUT2D eigenvalue weighted by molar-refractivity contribution is -0.0877. The van der Waals surface area contributed by atoms with Crippen molar-refractivity contribution < 1.29 is 23.7 Å². The van der Waals surface area contributed by atoms with Crippen LogP contribution in [0.5, 0.6) is 5.88 Å². The summed E-state index contributed by atoms with van der Waals surface area (Å²) >= 11 is 0. The predicted molar refractivity (Wildman–Crippen MR) is 90.9 cm³/mol. The van der Waals surface area contributed by atoms with E-state index in [9.17, 15) is 4.79 Å². The second-order valence-electron chi connectivity index (χ2n) is 6.35. The lowest BCUT2D eigenvalue weighted by Crippen LogP contribution is -2.49. The predicted octanol–water partition coefficient (Wildman–Crippen LogP) is 1.57. The van der Waals surface area contributed by atoms with Crippen LogP contribution in [0.2, 0.25) is 0 Å². The van der Waals surface area contributed by atoms with Gasteiger partial charge in [0, 0.05) is 38.9 Å². The van der Waals surface area contributed by atoms with Crippen LogP contribution in [0.3, 0.4) is 0 Å². The van der Waals surface area contributed by atoms with Crippen LogP contribution in [-0.2, 0) is 14.2 Å². The highest BCUT2D eigenvalue weighted by Gasteiger charge is 2.41. The Bertz CT molecular complexity index is 560. The van der Waals surface area contributed by atoms with E-state index in [1.54, 1.807) is 25.4 Å². The van der Waals surface area contributed by atoms with Crippen LogP contribution < -0.4 is 15.4 Å². The van der Waals surface area contributed by atoms with Crippen molar-refractivity contribution in [3.05, 3.63) is 18.3 Å². The summed E-state index contributed by atoms with van der Waals surface area (Å²) in [5.41, 5.74) is 0.390. The van der Waals surface area contributed by atoms with Gasteiger partial charge in [-0.1, -0.05) is 0 Å². The minimum Gasteiger partial charge on any atom is -0.475 e. The molecule has 0 unspecified atom stereocenters. The fraction of sp³-hybridized carbons (Fsp3) is 0.647. The molecule has 0 bridgehead atoms.